The maximum absolute atomic E-state index is 15.7. The van der Waals surface area contributed by atoms with Crippen LogP contribution in [0.25, 0.3) is 11.0 Å². The van der Waals surface area contributed by atoms with Crippen LogP contribution >= 0.6 is 0 Å². The minimum Gasteiger partial charge on any atom is -0.424 e. The van der Waals surface area contributed by atoms with Gasteiger partial charge in [0.1, 0.15) is 28.9 Å². The molecule has 0 spiro atoms. The Balaban J connectivity index is 0.707. The largest absolute Gasteiger partial charge is 0.424 e. The summed E-state index contributed by atoms with van der Waals surface area (Å²) in [6.45, 7) is 4.83. The zero-order chi connectivity index (χ0) is 45.3. The van der Waals surface area contributed by atoms with Crippen LogP contribution < -0.4 is 26.3 Å². The number of nitrogens with one attached hydrogen (secondary N) is 3. The number of carbonyl (C=O) groups excluding carboxylic acids is 4. The van der Waals surface area contributed by atoms with Crippen LogP contribution in [-0.2, 0) is 43.3 Å². The number of hydrogen-bond acceptors (Lipinski definition) is 16. The van der Waals surface area contributed by atoms with Crippen molar-refractivity contribution in [3.05, 3.63) is 129 Å². The maximum Gasteiger partial charge on any atom is 0.340 e. The summed E-state index contributed by atoms with van der Waals surface area (Å²) in [7, 11) is 0. The molecule has 1 atom stereocenters. The lowest BCUT2D eigenvalue weighted by Crippen LogP contribution is -2.54. The van der Waals surface area contributed by atoms with E-state index in [2.05, 4.69) is 36.2 Å². The Morgan fingerprint density at radius 3 is 2.42 bits per heavy atom. The molecule has 2 aliphatic heterocycles. The maximum atomic E-state index is 15.7. The fraction of sp³-hybridized carbons (Fsp3) is 0.311. The van der Waals surface area contributed by atoms with Crippen molar-refractivity contribution in [2.75, 3.05) is 56.8 Å². The van der Waals surface area contributed by atoms with Crippen molar-refractivity contribution >= 4 is 46.0 Å². The molecular formula is C45H44FN9O10. The first-order chi connectivity index (χ1) is 31.6. The average Bonchev–Trinajstić information content (AvgIpc) is 3.86. The number of benzene rings is 3. The van der Waals surface area contributed by atoms with Gasteiger partial charge in [-0.25, -0.2) is 23.8 Å². The SMILES string of the molecule is Cc1c(Cc2cccc(NCc3cn(CCOCCOCCOCCNc4cccc5c4C(=O)N(C4CCC(=O)NC4=O)C5=O)nn3)c2F)c(=O)oc2cc(Oc3ncccn3)ccc12. The van der Waals surface area contributed by atoms with E-state index in [1.807, 2.05) is 0 Å². The van der Waals surface area contributed by atoms with Crippen LogP contribution in [-0.4, -0.2) is 106 Å². The monoisotopic (exact) mass is 889 g/mol. The number of imide groups is 2. The molecule has 0 aliphatic carbocycles. The summed E-state index contributed by atoms with van der Waals surface area (Å²) in [6.07, 6.45) is 5.01. The van der Waals surface area contributed by atoms with Gasteiger partial charge in [0.2, 0.25) is 11.8 Å². The molecule has 8 rings (SSSR count). The standard InChI is InChI=1S/C45H44FN9O10/c1-27-31-10-9-30(64-45-48-13-4-14-49-45)24-37(31)65-44(60)33(27)23-28-5-2-8-35(40(28)46)50-25-29-26-54(53-52-29)16-18-62-20-22-63-21-19-61-17-15-47-34-7-3-6-32-39(34)43(59)55(42(32)58)36-11-12-38(56)51-41(36)57/h2-10,13-14,24,26,36,47,50H,11-12,15-23,25H2,1H3,(H,51,56,57). The molecule has 5 heterocycles. The number of rotatable bonds is 21. The number of fused-ring (bicyclic) bond motifs is 2. The highest BCUT2D eigenvalue weighted by molar-refractivity contribution is 6.25. The molecule has 3 aromatic heterocycles. The van der Waals surface area contributed by atoms with E-state index in [9.17, 15) is 24.0 Å². The Morgan fingerprint density at radius 1 is 0.862 bits per heavy atom. The molecule has 2 aliphatic rings. The van der Waals surface area contributed by atoms with Crippen LogP contribution in [0.1, 0.15) is 55.9 Å². The number of piperidine rings is 1. The number of carbonyl (C=O) groups is 4. The van der Waals surface area contributed by atoms with Gasteiger partial charge in [0.05, 0.1) is 75.7 Å². The number of amides is 4. The number of hydrogen-bond donors (Lipinski definition) is 3. The second-order valence-corrected chi connectivity index (χ2v) is 15.0. The molecule has 65 heavy (non-hydrogen) atoms. The second kappa shape index (κ2) is 20.4. The van der Waals surface area contributed by atoms with Crippen molar-refractivity contribution < 1.29 is 46.9 Å². The van der Waals surface area contributed by atoms with Crippen LogP contribution in [0.15, 0.2) is 88.5 Å². The second-order valence-electron chi connectivity index (χ2n) is 15.0. The van der Waals surface area contributed by atoms with Crippen molar-refractivity contribution in [1.82, 2.24) is 35.2 Å². The molecule has 3 N–H and O–H groups in total. The van der Waals surface area contributed by atoms with Crippen LogP contribution in [0.4, 0.5) is 15.8 Å². The van der Waals surface area contributed by atoms with Gasteiger partial charge < -0.3 is 34.0 Å². The zero-order valence-electron chi connectivity index (χ0n) is 35.2. The molecule has 6 aromatic rings. The molecule has 0 saturated carbocycles. The molecule has 20 heteroatoms. The van der Waals surface area contributed by atoms with E-state index >= 15 is 4.39 Å². The summed E-state index contributed by atoms with van der Waals surface area (Å²) in [5.74, 6) is -2.32. The lowest BCUT2D eigenvalue weighted by molar-refractivity contribution is -0.136. The Morgan fingerprint density at radius 2 is 1.62 bits per heavy atom. The smallest absolute Gasteiger partial charge is 0.340 e. The lowest BCUT2D eigenvalue weighted by Gasteiger charge is -2.27. The quantitative estimate of drug-likeness (QED) is 0.0523. The first-order valence-corrected chi connectivity index (χ1v) is 20.9. The normalized spacial score (nSPS) is 14.8. The van der Waals surface area contributed by atoms with Crippen LogP contribution in [0, 0.1) is 12.7 Å². The van der Waals surface area contributed by atoms with Crippen LogP contribution in [0.3, 0.4) is 0 Å². The van der Waals surface area contributed by atoms with E-state index in [0.717, 1.165) is 4.90 Å². The summed E-state index contributed by atoms with van der Waals surface area (Å²) < 4.78 is 45.6. The molecule has 1 fully saturated rings. The number of aryl methyl sites for hydroxylation is 1. The number of halogens is 1. The van der Waals surface area contributed by atoms with E-state index in [4.69, 9.17) is 23.4 Å². The van der Waals surface area contributed by atoms with Gasteiger partial charge in [-0.3, -0.25) is 29.4 Å². The summed E-state index contributed by atoms with van der Waals surface area (Å²) in [5, 5.41) is 17.4. The Labute approximate surface area is 370 Å². The average molecular weight is 890 g/mol. The number of anilines is 2. The van der Waals surface area contributed by atoms with E-state index < -0.39 is 41.1 Å². The van der Waals surface area contributed by atoms with Crippen molar-refractivity contribution in [2.24, 2.45) is 0 Å². The highest BCUT2D eigenvalue weighted by Gasteiger charge is 2.45. The van der Waals surface area contributed by atoms with Gasteiger partial charge in [0.15, 0.2) is 0 Å². The fourth-order valence-electron chi connectivity index (χ4n) is 7.46. The topological polar surface area (TPSA) is 231 Å². The lowest BCUT2D eigenvalue weighted by atomic mass is 9.99. The third-order valence-electron chi connectivity index (χ3n) is 10.7. The molecule has 3 aromatic carbocycles. The Hall–Kier alpha value is -7.42. The summed E-state index contributed by atoms with van der Waals surface area (Å²) >= 11 is 0. The Kier molecular flexibility index (Phi) is 13.9. The van der Waals surface area contributed by atoms with Gasteiger partial charge in [-0.15, -0.1) is 5.10 Å². The number of nitrogens with zero attached hydrogens (tertiary/aromatic N) is 6. The van der Waals surface area contributed by atoms with Crippen molar-refractivity contribution in [2.45, 2.75) is 45.3 Å². The first kappa shape index (κ1) is 44.2. The van der Waals surface area contributed by atoms with Gasteiger partial charge in [0.25, 0.3) is 11.8 Å². The molecule has 1 unspecified atom stereocenters. The molecular weight excluding hydrogens is 846 g/mol. The molecule has 1 saturated heterocycles. The van der Waals surface area contributed by atoms with Crippen molar-refractivity contribution in [3.8, 4) is 11.8 Å². The Bertz CT molecular complexity index is 2780. The van der Waals surface area contributed by atoms with E-state index in [0.29, 0.717) is 97.5 Å². The molecule has 0 bridgehead atoms. The third kappa shape index (κ3) is 10.4. The van der Waals surface area contributed by atoms with E-state index in [1.165, 1.54) is 6.07 Å². The highest BCUT2D eigenvalue weighted by atomic mass is 19.1. The fourth-order valence-corrected chi connectivity index (χ4v) is 7.46. The van der Waals surface area contributed by atoms with Gasteiger partial charge >= 0.3 is 11.6 Å². The van der Waals surface area contributed by atoms with E-state index in [-0.39, 0.29) is 48.6 Å². The minimum absolute atomic E-state index is 0.0273. The minimum atomic E-state index is -1.03. The molecule has 4 amide bonds. The predicted molar refractivity (Wildman–Crippen MR) is 230 cm³/mol. The highest BCUT2D eigenvalue weighted by Crippen LogP contribution is 2.33. The van der Waals surface area contributed by atoms with Crippen LogP contribution in [0.2, 0.25) is 0 Å². The van der Waals surface area contributed by atoms with Crippen LogP contribution in [0.5, 0.6) is 11.8 Å². The molecule has 336 valence electrons. The van der Waals surface area contributed by atoms with Crippen molar-refractivity contribution in [1.29, 1.82) is 0 Å². The van der Waals surface area contributed by atoms with Crippen molar-refractivity contribution in [3.63, 3.8) is 0 Å². The number of aromatic nitrogens is 5. The summed E-state index contributed by atoms with van der Waals surface area (Å²) in [4.78, 5) is 72.3. The number of ether oxygens (including phenoxy) is 4. The van der Waals surface area contributed by atoms with Gasteiger partial charge in [-0.2, -0.15) is 0 Å². The van der Waals surface area contributed by atoms with E-state index in [1.54, 1.807) is 84.8 Å². The summed E-state index contributed by atoms with van der Waals surface area (Å²) in [6, 6.07) is 15.7. The molecule has 0 radical (unpaired) electrons. The third-order valence-corrected chi connectivity index (χ3v) is 10.7. The van der Waals surface area contributed by atoms with Gasteiger partial charge in [0, 0.05) is 54.5 Å². The summed E-state index contributed by atoms with van der Waals surface area (Å²) in [5.41, 5.74) is 2.79. The van der Waals surface area contributed by atoms with Gasteiger partial charge in [-0.05, 0) is 60.9 Å². The van der Waals surface area contributed by atoms with Gasteiger partial charge in [-0.1, -0.05) is 23.4 Å². The molecule has 19 nitrogen and oxygen atoms in total. The predicted octanol–water partition coefficient (Wildman–Crippen LogP) is 4.18. The first-order valence-electron chi connectivity index (χ1n) is 20.9. The zero-order valence-corrected chi connectivity index (χ0v) is 35.2.